The predicted molar refractivity (Wildman–Crippen MR) is 72.1 cm³/mol. The molecule has 0 aliphatic rings. The molecule has 0 saturated carbocycles. The molecule has 17 heavy (non-hydrogen) atoms. The highest BCUT2D eigenvalue weighted by Crippen LogP contribution is 2.28. The van der Waals surface area contributed by atoms with E-state index < -0.39 is 0 Å². The van der Waals surface area contributed by atoms with Crippen LogP contribution in [-0.2, 0) is 0 Å². The monoisotopic (exact) mass is 266 g/mol. The van der Waals surface area contributed by atoms with Gasteiger partial charge >= 0.3 is 0 Å². The van der Waals surface area contributed by atoms with Crippen molar-refractivity contribution in [1.82, 2.24) is 5.43 Å². The number of hydrogen-bond acceptors (Lipinski definition) is 2. The molecule has 0 fully saturated rings. The molecule has 0 radical (unpaired) electrons. The van der Waals surface area contributed by atoms with Gasteiger partial charge in [-0.2, -0.15) is 0 Å². The van der Waals surface area contributed by atoms with Crippen molar-refractivity contribution in [2.75, 3.05) is 0 Å². The quantitative estimate of drug-likeness (QED) is 0.659. The van der Waals surface area contributed by atoms with E-state index >= 15 is 0 Å². The van der Waals surface area contributed by atoms with Gasteiger partial charge in [0.2, 0.25) is 0 Å². The first-order valence-electron chi connectivity index (χ1n) is 5.18. The van der Waals surface area contributed by atoms with E-state index in [4.69, 9.17) is 29.0 Å². The zero-order chi connectivity index (χ0) is 12.3. The number of hydrogen-bond donors (Lipinski definition) is 2. The molecule has 2 rings (SSSR count). The molecule has 0 aliphatic carbocycles. The smallest absolute Gasteiger partial charge is 0.0724 e. The second kappa shape index (κ2) is 5.52. The van der Waals surface area contributed by atoms with Gasteiger partial charge in [0.15, 0.2) is 0 Å². The van der Waals surface area contributed by atoms with Crippen LogP contribution in [0.3, 0.4) is 0 Å². The lowest BCUT2D eigenvalue weighted by Gasteiger charge is -2.18. The zero-order valence-corrected chi connectivity index (χ0v) is 10.5. The molecule has 2 aromatic rings. The first-order valence-corrected chi connectivity index (χ1v) is 5.94. The van der Waals surface area contributed by atoms with E-state index in [1.165, 1.54) is 0 Å². The number of nitrogens with one attached hydrogen (secondary N) is 1. The topological polar surface area (TPSA) is 38.0 Å². The molecule has 4 heteroatoms. The number of rotatable bonds is 3. The fraction of sp³-hybridized carbons (Fsp3) is 0.0769. The van der Waals surface area contributed by atoms with Crippen molar-refractivity contribution in [2.45, 2.75) is 6.04 Å². The van der Waals surface area contributed by atoms with Crippen molar-refractivity contribution in [3.8, 4) is 0 Å². The van der Waals surface area contributed by atoms with Crippen molar-refractivity contribution in [3.63, 3.8) is 0 Å². The van der Waals surface area contributed by atoms with E-state index in [1.807, 2.05) is 48.5 Å². The van der Waals surface area contributed by atoms with Crippen molar-refractivity contribution in [1.29, 1.82) is 0 Å². The number of hydrazine groups is 1. The minimum absolute atomic E-state index is 0.138. The predicted octanol–water partition coefficient (Wildman–Crippen LogP) is 3.55. The first kappa shape index (κ1) is 12.4. The summed E-state index contributed by atoms with van der Waals surface area (Å²) >= 11 is 12.0. The fourth-order valence-corrected chi connectivity index (χ4v) is 2.10. The summed E-state index contributed by atoms with van der Waals surface area (Å²) in [5.74, 6) is 5.60. The maximum absolute atomic E-state index is 6.16. The Morgan fingerprint density at radius 2 is 1.59 bits per heavy atom. The van der Waals surface area contributed by atoms with Crippen LogP contribution in [0.15, 0.2) is 48.5 Å². The van der Waals surface area contributed by atoms with Gasteiger partial charge in [0.1, 0.15) is 0 Å². The molecule has 0 heterocycles. The Balaban J connectivity index is 2.40. The molecular weight excluding hydrogens is 255 g/mol. The van der Waals surface area contributed by atoms with Crippen LogP contribution in [-0.4, -0.2) is 0 Å². The van der Waals surface area contributed by atoms with E-state index in [9.17, 15) is 0 Å². The number of nitrogens with two attached hydrogens (primary N) is 1. The van der Waals surface area contributed by atoms with Gasteiger partial charge < -0.3 is 0 Å². The van der Waals surface area contributed by atoms with Gasteiger partial charge in [-0.15, -0.1) is 0 Å². The van der Waals surface area contributed by atoms with Crippen LogP contribution in [0.1, 0.15) is 17.2 Å². The summed E-state index contributed by atoms with van der Waals surface area (Å²) in [6.45, 7) is 0. The van der Waals surface area contributed by atoms with Crippen LogP contribution in [0.2, 0.25) is 10.0 Å². The molecule has 88 valence electrons. The highest BCUT2D eigenvalue weighted by molar-refractivity contribution is 6.31. The van der Waals surface area contributed by atoms with Crippen molar-refractivity contribution in [2.24, 2.45) is 5.84 Å². The minimum Gasteiger partial charge on any atom is -0.271 e. The average Bonchev–Trinajstić information content (AvgIpc) is 2.35. The average molecular weight is 267 g/mol. The minimum atomic E-state index is -0.138. The summed E-state index contributed by atoms with van der Waals surface area (Å²) in [4.78, 5) is 0. The van der Waals surface area contributed by atoms with Crippen LogP contribution in [0.4, 0.5) is 0 Å². The van der Waals surface area contributed by atoms with Gasteiger partial charge in [-0.1, -0.05) is 53.5 Å². The van der Waals surface area contributed by atoms with Crippen molar-refractivity contribution >= 4 is 23.2 Å². The Hall–Kier alpha value is -1.06. The molecule has 0 spiro atoms. The summed E-state index contributed by atoms with van der Waals surface area (Å²) in [5, 5.41) is 1.38. The maximum atomic E-state index is 6.16. The summed E-state index contributed by atoms with van der Waals surface area (Å²) in [7, 11) is 0. The van der Waals surface area contributed by atoms with Crippen LogP contribution in [0, 0.1) is 0 Å². The van der Waals surface area contributed by atoms with E-state index in [1.54, 1.807) is 0 Å². The molecule has 1 unspecified atom stereocenters. The van der Waals surface area contributed by atoms with Crippen molar-refractivity contribution < 1.29 is 0 Å². The summed E-state index contributed by atoms with van der Waals surface area (Å²) in [6.07, 6.45) is 0. The molecule has 2 aromatic carbocycles. The molecule has 0 aliphatic heterocycles. The zero-order valence-electron chi connectivity index (χ0n) is 9.03. The normalized spacial score (nSPS) is 12.4. The number of benzene rings is 2. The van der Waals surface area contributed by atoms with Crippen LogP contribution < -0.4 is 11.3 Å². The first-order chi connectivity index (χ1) is 8.22. The lowest BCUT2D eigenvalue weighted by atomic mass is 9.99. The fourth-order valence-electron chi connectivity index (χ4n) is 1.73. The van der Waals surface area contributed by atoms with Gasteiger partial charge in [0.25, 0.3) is 0 Å². The Kier molecular flexibility index (Phi) is 4.02. The number of halogens is 2. The van der Waals surface area contributed by atoms with E-state index in [2.05, 4.69) is 5.43 Å². The molecule has 0 aromatic heterocycles. The van der Waals surface area contributed by atoms with Gasteiger partial charge in [-0.05, 0) is 29.3 Å². The third-order valence-electron chi connectivity index (χ3n) is 2.59. The molecule has 1 atom stereocenters. The Labute approximate surface area is 110 Å². The second-order valence-electron chi connectivity index (χ2n) is 3.67. The molecular formula is C13H12Cl2N2. The Morgan fingerprint density at radius 1 is 0.941 bits per heavy atom. The lowest BCUT2D eigenvalue weighted by Crippen LogP contribution is -2.29. The Bertz CT molecular complexity index is 497. The van der Waals surface area contributed by atoms with Crippen molar-refractivity contribution in [3.05, 3.63) is 69.7 Å². The molecule has 0 amide bonds. The summed E-state index contributed by atoms with van der Waals surface area (Å²) in [6, 6.07) is 15.0. The van der Waals surface area contributed by atoms with Gasteiger partial charge in [-0.25, -0.2) is 5.43 Å². The van der Waals surface area contributed by atoms with Gasteiger partial charge in [0, 0.05) is 10.0 Å². The highest BCUT2D eigenvalue weighted by atomic mass is 35.5. The molecule has 2 nitrogen and oxygen atoms in total. The van der Waals surface area contributed by atoms with Crippen LogP contribution in [0.25, 0.3) is 0 Å². The molecule has 3 N–H and O–H groups in total. The molecule has 0 bridgehead atoms. The van der Waals surface area contributed by atoms with E-state index in [0.717, 1.165) is 11.1 Å². The second-order valence-corrected chi connectivity index (χ2v) is 4.52. The highest BCUT2D eigenvalue weighted by Gasteiger charge is 2.14. The third-order valence-corrected chi connectivity index (χ3v) is 3.18. The van der Waals surface area contributed by atoms with Crippen LogP contribution in [0.5, 0.6) is 0 Å². The molecule has 0 saturated heterocycles. The SMILES string of the molecule is NNC(c1ccc(Cl)cc1)c1ccccc1Cl. The van der Waals surface area contributed by atoms with E-state index in [-0.39, 0.29) is 6.04 Å². The summed E-state index contributed by atoms with van der Waals surface area (Å²) in [5.41, 5.74) is 4.73. The standard InChI is InChI=1S/C13H12Cl2N2/c14-10-7-5-9(6-8-10)13(17-16)11-3-1-2-4-12(11)15/h1-8,13,17H,16H2. The van der Waals surface area contributed by atoms with Crippen LogP contribution >= 0.6 is 23.2 Å². The maximum Gasteiger partial charge on any atom is 0.0724 e. The lowest BCUT2D eigenvalue weighted by molar-refractivity contribution is 0.637. The third kappa shape index (κ3) is 2.79. The largest absolute Gasteiger partial charge is 0.271 e. The van der Waals surface area contributed by atoms with Gasteiger partial charge in [-0.3, -0.25) is 5.84 Å². The van der Waals surface area contributed by atoms with Gasteiger partial charge in [0.05, 0.1) is 6.04 Å². The Morgan fingerprint density at radius 3 is 2.18 bits per heavy atom. The summed E-state index contributed by atoms with van der Waals surface area (Å²) < 4.78 is 0. The van der Waals surface area contributed by atoms with E-state index in [0.29, 0.717) is 10.0 Å².